The average Bonchev–Trinajstić information content (AvgIpc) is 3.08. The van der Waals surface area contributed by atoms with Crippen molar-refractivity contribution >= 4 is 21.1 Å². The van der Waals surface area contributed by atoms with Crippen molar-refractivity contribution in [2.45, 2.75) is 17.9 Å². The van der Waals surface area contributed by atoms with Gasteiger partial charge in [0.05, 0.1) is 22.7 Å². The molecule has 0 aliphatic rings. The van der Waals surface area contributed by atoms with Gasteiger partial charge in [0.15, 0.2) is 5.58 Å². The number of hydrogen-bond donors (Lipinski definition) is 1. The van der Waals surface area contributed by atoms with Crippen LogP contribution in [0.5, 0.6) is 0 Å². The molecule has 0 aliphatic heterocycles. The predicted molar refractivity (Wildman–Crippen MR) is 78.9 cm³/mol. The number of furan rings is 1. The maximum absolute atomic E-state index is 12.4. The van der Waals surface area contributed by atoms with E-state index in [1.54, 1.807) is 26.1 Å². The van der Waals surface area contributed by atoms with Crippen LogP contribution in [0.25, 0.3) is 11.1 Å². The molecule has 8 heteroatoms. The van der Waals surface area contributed by atoms with E-state index in [9.17, 15) is 13.2 Å². The van der Waals surface area contributed by atoms with Crippen molar-refractivity contribution in [2.24, 2.45) is 7.05 Å². The van der Waals surface area contributed by atoms with Gasteiger partial charge in [-0.1, -0.05) is 0 Å². The summed E-state index contributed by atoms with van der Waals surface area (Å²) in [6.45, 7) is 1.68. The number of aromatic nitrogens is 1. The molecule has 0 radical (unpaired) electrons. The molecule has 2 heterocycles. The van der Waals surface area contributed by atoms with Crippen LogP contribution in [0.4, 0.5) is 0 Å². The number of nitrogens with one attached hydrogen (secondary N) is 1. The van der Waals surface area contributed by atoms with Crippen LogP contribution >= 0.6 is 0 Å². The summed E-state index contributed by atoms with van der Waals surface area (Å²) >= 11 is 0. The van der Waals surface area contributed by atoms with Gasteiger partial charge < -0.3 is 8.83 Å². The van der Waals surface area contributed by atoms with Gasteiger partial charge in [0.1, 0.15) is 5.76 Å². The minimum Gasteiger partial charge on any atom is -0.468 e. The van der Waals surface area contributed by atoms with Crippen molar-refractivity contribution < 1.29 is 17.3 Å². The lowest BCUT2D eigenvalue weighted by Gasteiger charge is -2.12. The molecular formula is C14H14N2O5S. The molecule has 2 aromatic heterocycles. The number of benzene rings is 1. The summed E-state index contributed by atoms with van der Waals surface area (Å²) in [5, 5.41) is 0. The van der Waals surface area contributed by atoms with Crippen LogP contribution in [-0.2, 0) is 17.1 Å². The quantitative estimate of drug-likeness (QED) is 0.790. The molecule has 0 bridgehead atoms. The van der Waals surface area contributed by atoms with Gasteiger partial charge in [0, 0.05) is 13.1 Å². The van der Waals surface area contributed by atoms with E-state index in [0.29, 0.717) is 11.3 Å². The minimum atomic E-state index is -3.76. The summed E-state index contributed by atoms with van der Waals surface area (Å²) < 4.78 is 38.8. The third-order valence-corrected chi connectivity index (χ3v) is 4.91. The number of sulfonamides is 1. The lowest BCUT2D eigenvalue weighted by Crippen LogP contribution is -2.26. The molecule has 0 fully saturated rings. The maximum atomic E-state index is 12.4. The molecule has 0 saturated carbocycles. The lowest BCUT2D eigenvalue weighted by molar-refractivity contribution is 0.459. The zero-order valence-electron chi connectivity index (χ0n) is 11.9. The second kappa shape index (κ2) is 5.15. The second-order valence-electron chi connectivity index (χ2n) is 4.91. The Kier molecular flexibility index (Phi) is 3.42. The smallest absolute Gasteiger partial charge is 0.419 e. The van der Waals surface area contributed by atoms with E-state index >= 15 is 0 Å². The van der Waals surface area contributed by atoms with Crippen LogP contribution in [0.2, 0.25) is 0 Å². The van der Waals surface area contributed by atoms with Gasteiger partial charge >= 0.3 is 5.76 Å². The molecule has 1 atom stereocenters. The Labute approximate surface area is 126 Å². The first-order valence-corrected chi connectivity index (χ1v) is 8.02. The van der Waals surface area contributed by atoms with Gasteiger partial charge in [-0.2, -0.15) is 0 Å². The van der Waals surface area contributed by atoms with Crippen LogP contribution in [0, 0.1) is 0 Å². The van der Waals surface area contributed by atoms with Gasteiger partial charge in [0.2, 0.25) is 10.0 Å². The molecule has 7 nitrogen and oxygen atoms in total. The van der Waals surface area contributed by atoms with Gasteiger partial charge in [-0.25, -0.2) is 17.9 Å². The highest BCUT2D eigenvalue weighted by Crippen LogP contribution is 2.20. The summed E-state index contributed by atoms with van der Waals surface area (Å²) in [7, 11) is -2.21. The molecule has 0 spiro atoms. The molecule has 0 saturated heterocycles. The summed E-state index contributed by atoms with van der Waals surface area (Å²) in [4.78, 5) is 11.5. The lowest BCUT2D eigenvalue weighted by atomic mass is 10.3. The number of rotatable bonds is 4. The molecule has 0 aliphatic carbocycles. The first-order valence-electron chi connectivity index (χ1n) is 6.54. The number of hydrogen-bond acceptors (Lipinski definition) is 5. The molecule has 22 heavy (non-hydrogen) atoms. The monoisotopic (exact) mass is 322 g/mol. The van der Waals surface area contributed by atoms with Crippen molar-refractivity contribution in [3.8, 4) is 0 Å². The zero-order valence-corrected chi connectivity index (χ0v) is 12.8. The Morgan fingerprint density at radius 3 is 2.73 bits per heavy atom. The molecule has 3 rings (SSSR count). The van der Waals surface area contributed by atoms with Gasteiger partial charge in [-0.15, -0.1) is 0 Å². The molecule has 1 unspecified atom stereocenters. The Bertz CT molecular complexity index is 966. The average molecular weight is 322 g/mol. The molecular weight excluding hydrogens is 308 g/mol. The first-order chi connectivity index (χ1) is 10.4. The largest absolute Gasteiger partial charge is 0.468 e. The molecule has 1 N–H and O–H groups in total. The Morgan fingerprint density at radius 1 is 1.27 bits per heavy atom. The number of oxazole rings is 1. The highest BCUT2D eigenvalue weighted by Gasteiger charge is 2.21. The van der Waals surface area contributed by atoms with Crippen molar-refractivity contribution in [2.75, 3.05) is 0 Å². The highest BCUT2D eigenvalue weighted by molar-refractivity contribution is 7.89. The molecule has 0 amide bonds. The fourth-order valence-corrected chi connectivity index (χ4v) is 3.40. The van der Waals surface area contributed by atoms with Crippen LogP contribution < -0.4 is 10.5 Å². The van der Waals surface area contributed by atoms with E-state index in [1.165, 1.54) is 29.0 Å². The zero-order chi connectivity index (χ0) is 15.9. The Balaban J connectivity index is 1.96. The van der Waals surface area contributed by atoms with E-state index < -0.39 is 21.8 Å². The van der Waals surface area contributed by atoms with E-state index in [-0.39, 0.29) is 10.5 Å². The number of nitrogens with zero attached hydrogens (tertiary/aromatic N) is 1. The standard InChI is InChI=1S/C14H14N2O5S/c1-9(12-4-3-7-20-12)15-22(18,19)10-5-6-11-13(8-10)21-14(17)16(11)2/h3-9,15H,1-2H3. The summed E-state index contributed by atoms with van der Waals surface area (Å²) in [5.74, 6) is -0.0302. The van der Waals surface area contributed by atoms with Crippen molar-refractivity contribution in [1.29, 1.82) is 0 Å². The SMILES string of the molecule is CC(NS(=O)(=O)c1ccc2c(c1)oc(=O)n2C)c1ccco1. The fourth-order valence-electron chi connectivity index (χ4n) is 2.18. The summed E-state index contributed by atoms with van der Waals surface area (Å²) in [6, 6.07) is 7.14. The second-order valence-corrected chi connectivity index (χ2v) is 6.63. The van der Waals surface area contributed by atoms with Gasteiger partial charge in [0.25, 0.3) is 0 Å². The van der Waals surface area contributed by atoms with E-state index in [4.69, 9.17) is 8.83 Å². The van der Waals surface area contributed by atoms with E-state index in [1.807, 2.05) is 0 Å². The number of aryl methyl sites for hydroxylation is 1. The van der Waals surface area contributed by atoms with Crippen molar-refractivity contribution in [3.05, 3.63) is 52.9 Å². The number of fused-ring (bicyclic) bond motifs is 1. The summed E-state index contributed by atoms with van der Waals surface area (Å²) in [6.07, 6.45) is 1.48. The normalized spacial score (nSPS) is 13.5. The molecule has 1 aromatic carbocycles. The Hall–Kier alpha value is -2.32. The summed E-state index contributed by atoms with van der Waals surface area (Å²) in [5.41, 5.74) is 0.754. The van der Waals surface area contributed by atoms with Crippen molar-refractivity contribution in [1.82, 2.24) is 9.29 Å². The first kappa shape index (κ1) is 14.6. The van der Waals surface area contributed by atoms with Crippen LogP contribution in [0.1, 0.15) is 18.7 Å². The van der Waals surface area contributed by atoms with Crippen LogP contribution in [-0.4, -0.2) is 13.0 Å². The Morgan fingerprint density at radius 2 is 2.05 bits per heavy atom. The molecule has 116 valence electrons. The van der Waals surface area contributed by atoms with Gasteiger partial charge in [-0.3, -0.25) is 4.57 Å². The third kappa shape index (κ3) is 2.46. The van der Waals surface area contributed by atoms with E-state index in [0.717, 1.165) is 0 Å². The predicted octanol–water partition coefficient (Wildman–Crippen LogP) is 1.76. The maximum Gasteiger partial charge on any atom is 0.419 e. The van der Waals surface area contributed by atoms with Gasteiger partial charge in [-0.05, 0) is 31.2 Å². The van der Waals surface area contributed by atoms with E-state index in [2.05, 4.69) is 4.72 Å². The highest BCUT2D eigenvalue weighted by atomic mass is 32.2. The minimum absolute atomic E-state index is 0.0211. The third-order valence-electron chi connectivity index (χ3n) is 3.38. The van der Waals surface area contributed by atoms with Crippen molar-refractivity contribution in [3.63, 3.8) is 0 Å². The van der Waals surface area contributed by atoms with Crippen LogP contribution in [0.15, 0.2) is 55.1 Å². The fraction of sp³-hybridized carbons (Fsp3) is 0.214. The topological polar surface area (TPSA) is 94.5 Å². The van der Waals surface area contributed by atoms with Crippen LogP contribution in [0.3, 0.4) is 0 Å². The molecule has 3 aromatic rings.